The second-order valence-electron chi connectivity index (χ2n) is 6.92. The van der Waals surface area contributed by atoms with Crippen molar-refractivity contribution in [2.24, 2.45) is 0 Å². The highest BCUT2D eigenvalue weighted by Gasteiger charge is 2.35. The number of fused-ring (bicyclic) bond motifs is 2. The molecule has 148 valence electrons. The average Bonchev–Trinajstić information content (AvgIpc) is 2.65. The molecule has 0 amide bonds. The quantitative estimate of drug-likeness (QED) is 0.276. The molecular formula is C19H22N4O4S. The Morgan fingerprint density at radius 3 is 2.50 bits per heavy atom. The lowest BCUT2D eigenvalue weighted by atomic mass is 10.1. The van der Waals surface area contributed by atoms with Gasteiger partial charge in [0.1, 0.15) is 0 Å². The van der Waals surface area contributed by atoms with E-state index in [2.05, 4.69) is 10.3 Å². The van der Waals surface area contributed by atoms with Crippen LogP contribution in [-0.2, 0) is 10.0 Å². The molecule has 0 radical (unpaired) electrons. The van der Waals surface area contributed by atoms with Crippen molar-refractivity contribution < 1.29 is 18.6 Å². The number of aliphatic hydroxyl groups is 2. The number of aliphatic hydroxyl groups excluding tert-OH is 2. The third kappa shape index (κ3) is 3.26. The summed E-state index contributed by atoms with van der Waals surface area (Å²) in [6, 6.07) is 10.2. The SMILES string of the molecule is Nc1ccc2nc3ccc(S(=O)(=O)N4CC(O)C4)cc3c(NCCCO)c2c1. The van der Waals surface area contributed by atoms with E-state index in [1.54, 1.807) is 24.3 Å². The summed E-state index contributed by atoms with van der Waals surface area (Å²) < 4.78 is 26.9. The van der Waals surface area contributed by atoms with E-state index < -0.39 is 16.1 Å². The number of aromatic nitrogens is 1. The van der Waals surface area contributed by atoms with Crippen LogP contribution in [0, 0.1) is 0 Å². The lowest BCUT2D eigenvalue weighted by molar-refractivity contribution is 0.0548. The van der Waals surface area contributed by atoms with E-state index in [9.17, 15) is 13.5 Å². The van der Waals surface area contributed by atoms with Gasteiger partial charge in [-0.05, 0) is 42.8 Å². The zero-order valence-electron chi connectivity index (χ0n) is 15.2. The van der Waals surface area contributed by atoms with Crippen LogP contribution in [0.25, 0.3) is 21.8 Å². The van der Waals surface area contributed by atoms with Crippen LogP contribution in [-0.4, -0.2) is 60.3 Å². The third-order valence-corrected chi connectivity index (χ3v) is 6.70. The minimum atomic E-state index is -3.68. The first-order chi connectivity index (χ1) is 13.4. The van der Waals surface area contributed by atoms with Gasteiger partial charge in [-0.15, -0.1) is 0 Å². The van der Waals surface area contributed by atoms with E-state index in [1.165, 1.54) is 10.4 Å². The van der Waals surface area contributed by atoms with Crippen molar-refractivity contribution >= 4 is 43.2 Å². The molecule has 0 saturated carbocycles. The highest BCUT2D eigenvalue weighted by atomic mass is 32.2. The van der Waals surface area contributed by atoms with E-state index in [4.69, 9.17) is 10.8 Å². The van der Waals surface area contributed by atoms with Gasteiger partial charge in [0.05, 0.1) is 27.7 Å². The maximum atomic E-state index is 12.8. The summed E-state index contributed by atoms with van der Waals surface area (Å²) in [5, 5.41) is 23.3. The zero-order valence-corrected chi connectivity index (χ0v) is 16.0. The maximum Gasteiger partial charge on any atom is 0.243 e. The third-order valence-electron chi connectivity index (χ3n) is 4.87. The highest BCUT2D eigenvalue weighted by Crippen LogP contribution is 2.34. The first-order valence-corrected chi connectivity index (χ1v) is 10.5. The first kappa shape index (κ1) is 18.9. The molecule has 1 aromatic heterocycles. The summed E-state index contributed by atoms with van der Waals surface area (Å²) in [5.74, 6) is 0. The Balaban J connectivity index is 1.88. The number of nitrogens with one attached hydrogen (secondary N) is 1. The summed E-state index contributed by atoms with van der Waals surface area (Å²) in [5.41, 5.74) is 8.67. The van der Waals surface area contributed by atoms with Gasteiger partial charge >= 0.3 is 0 Å². The van der Waals surface area contributed by atoms with Crippen molar-refractivity contribution in [2.75, 3.05) is 37.3 Å². The smallest absolute Gasteiger partial charge is 0.243 e. The van der Waals surface area contributed by atoms with Crippen LogP contribution in [0.4, 0.5) is 11.4 Å². The minimum Gasteiger partial charge on any atom is -0.399 e. The lowest BCUT2D eigenvalue weighted by Crippen LogP contribution is -2.53. The second-order valence-corrected chi connectivity index (χ2v) is 8.86. The zero-order chi connectivity index (χ0) is 19.9. The molecular weight excluding hydrogens is 380 g/mol. The molecule has 9 heteroatoms. The number of hydrogen-bond acceptors (Lipinski definition) is 7. The van der Waals surface area contributed by atoms with Crippen LogP contribution in [0.5, 0.6) is 0 Å². The van der Waals surface area contributed by atoms with Crippen molar-refractivity contribution in [1.29, 1.82) is 0 Å². The van der Waals surface area contributed by atoms with Gasteiger partial charge in [-0.2, -0.15) is 4.31 Å². The van der Waals surface area contributed by atoms with Gasteiger partial charge in [-0.1, -0.05) is 0 Å². The van der Waals surface area contributed by atoms with Crippen molar-refractivity contribution in [3.8, 4) is 0 Å². The monoisotopic (exact) mass is 402 g/mol. The molecule has 8 nitrogen and oxygen atoms in total. The lowest BCUT2D eigenvalue weighted by Gasteiger charge is -2.34. The number of sulfonamides is 1. The summed E-state index contributed by atoms with van der Waals surface area (Å²) in [6.07, 6.45) is -0.0587. The Kier molecular flexibility index (Phi) is 4.84. The molecule has 4 rings (SSSR count). The number of nitrogen functional groups attached to an aromatic ring is 1. The van der Waals surface area contributed by atoms with Crippen molar-refractivity contribution in [3.05, 3.63) is 36.4 Å². The van der Waals surface area contributed by atoms with Gasteiger partial charge in [-0.25, -0.2) is 13.4 Å². The molecule has 1 aliphatic rings. The second kappa shape index (κ2) is 7.17. The van der Waals surface area contributed by atoms with Gasteiger partial charge in [-0.3, -0.25) is 0 Å². The minimum absolute atomic E-state index is 0.0486. The normalized spacial score (nSPS) is 15.8. The van der Waals surface area contributed by atoms with E-state index in [-0.39, 0.29) is 24.6 Å². The number of hydrogen-bond donors (Lipinski definition) is 4. The predicted molar refractivity (Wildman–Crippen MR) is 109 cm³/mol. The maximum absolute atomic E-state index is 12.8. The van der Waals surface area contributed by atoms with Crippen LogP contribution >= 0.6 is 0 Å². The molecule has 1 fully saturated rings. The predicted octanol–water partition coefficient (Wildman–Crippen LogP) is 1.13. The summed E-state index contributed by atoms with van der Waals surface area (Å²) in [4.78, 5) is 4.78. The Morgan fingerprint density at radius 1 is 1.14 bits per heavy atom. The van der Waals surface area contributed by atoms with Crippen molar-refractivity contribution in [3.63, 3.8) is 0 Å². The molecule has 1 saturated heterocycles. The molecule has 1 aliphatic heterocycles. The first-order valence-electron chi connectivity index (χ1n) is 9.06. The van der Waals surface area contributed by atoms with E-state index in [0.29, 0.717) is 29.6 Å². The fraction of sp³-hybridized carbons (Fsp3) is 0.316. The van der Waals surface area contributed by atoms with Crippen LogP contribution in [0.3, 0.4) is 0 Å². The Hall–Kier alpha value is -2.46. The van der Waals surface area contributed by atoms with Crippen LogP contribution in [0.1, 0.15) is 6.42 Å². The summed E-state index contributed by atoms with van der Waals surface area (Å²) in [6.45, 7) is 0.783. The Morgan fingerprint density at radius 2 is 1.82 bits per heavy atom. The Labute approximate surface area is 162 Å². The summed E-state index contributed by atoms with van der Waals surface area (Å²) in [7, 11) is -3.68. The molecule has 0 aliphatic carbocycles. The van der Waals surface area contributed by atoms with E-state index in [0.717, 1.165) is 16.6 Å². The molecule has 0 atom stereocenters. The number of anilines is 2. The van der Waals surface area contributed by atoms with Crippen LogP contribution in [0.2, 0.25) is 0 Å². The molecule has 0 unspecified atom stereocenters. The number of nitrogens with zero attached hydrogens (tertiary/aromatic N) is 2. The largest absolute Gasteiger partial charge is 0.399 e. The van der Waals surface area contributed by atoms with Crippen molar-refractivity contribution in [1.82, 2.24) is 9.29 Å². The van der Waals surface area contributed by atoms with Gasteiger partial charge in [0.15, 0.2) is 0 Å². The number of nitrogens with two attached hydrogens (primary N) is 1. The molecule has 28 heavy (non-hydrogen) atoms. The van der Waals surface area contributed by atoms with Gasteiger partial charge in [0.2, 0.25) is 10.0 Å². The average molecular weight is 402 g/mol. The van der Waals surface area contributed by atoms with Crippen LogP contribution < -0.4 is 11.1 Å². The van der Waals surface area contributed by atoms with E-state index in [1.807, 2.05) is 6.07 Å². The standard InChI is InChI=1S/C19H22N4O4S/c20-12-2-4-17-15(8-12)19(21-6-1-7-24)16-9-14(3-5-18(16)22-17)28(26,27)23-10-13(25)11-23/h2-5,8-9,13,24-25H,1,6-7,10-11,20H2,(H,21,22). The molecule has 0 spiro atoms. The van der Waals surface area contributed by atoms with E-state index >= 15 is 0 Å². The van der Waals surface area contributed by atoms with Gasteiger partial charge in [0, 0.05) is 42.7 Å². The topological polar surface area (TPSA) is 129 Å². The van der Waals surface area contributed by atoms with Gasteiger partial charge in [0.25, 0.3) is 0 Å². The molecule has 3 aromatic rings. The van der Waals surface area contributed by atoms with Crippen LogP contribution in [0.15, 0.2) is 41.3 Å². The highest BCUT2D eigenvalue weighted by molar-refractivity contribution is 7.89. The number of benzene rings is 2. The summed E-state index contributed by atoms with van der Waals surface area (Å²) >= 11 is 0. The molecule has 0 bridgehead atoms. The van der Waals surface area contributed by atoms with Crippen molar-refractivity contribution in [2.45, 2.75) is 17.4 Å². The fourth-order valence-electron chi connectivity index (χ4n) is 3.34. The number of rotatable bonds is 6. The molecule has 2 aromatic carbocycles. The fourth-order valence-corrected chi connectivity index (χ4v) is 4.89. The molecule has 5 N–H and O–H groups in total. The van der Waals surface area contributed by atoms with Gasteiger partial charge < -0.3 is 21.3 Å². The molecule has 2 heterocycles. The number of β-amino-alcohol motifs (C(OH)–C–C–N with tert-alkyl or cyclic N) is 1. The Bertz CT molecular complexity index is 1140. The number of pyridine rings is 1.